The van der Waals surface area contributed by atoms with Crippen molar-refractivity contribution in [1.29, 1.82) is 0 Å². The first kappa shape index (κ1) is 18.9. The van der Waals surface area contributed by atoms with Crippen LogP contribution in [-0.4, -0.2) is 38.5 Å². The molecule has 2 aliphatic heterocycles. The molecule has 2 unspecified atom stereocenters. The molecule has 21 heavy (non-hydrogen) atoms. The molecule has 4 nitrogen and oxygen atoms in total. The molecule has 0 spiro atoms. The fraction of sp³-hybridized carbons (Fsp3) is 1.00. The van der Waals surface area contributed by atoms with Crippen LogP contribution in [0, 0.1) is 16.7 Å². The van der Waals surface area contributed by atoms with Gasteiger partial charge in [-0.15, -0.1) is 0 Å². The minimum Gasteiger partial charge on any atom is -0.352 e. The van der Waals surface area contributed by atoms with E-state index in [1.807, 2.05) is 6.92 Å². The zero-order valence-electron chi connectivity index (χ0n) is 15.1. The topological polar surface area (TPSA) is 36.9 Å². The average Bonchev–Trinajstić information content (AvgIpc) is 2.76. The Morgan fingerprint density at radius 1 is 0.667 bits per heavy atom. The SMILES string of the molecule is CC1COC(C(C)(C)C)O1.CC1COC(C(C)(C)C)OC1. The first-order valence-electron chi connectivity index (χ1n) is 8.00. The predicted molar refractivity (Wildman–Crippen MR) is 84.1 cm³/mol. The number of hydrogen-bond acceptors (Lipinski definition) is 4. The summed E-state index contributed by atoms with van der Waals surface area (Å²) in [4.78, 5) is 0. The van der Waals surface area contributed by atoms with E-state index in [9.17, 15) is 0 Å². The molecular weight excluding hydrogens is 268 g/mol. The smallest absolute Gasteiger partial charge is 0.162 e. The second-order valence-corrected chi connectivity index (χ2v) is 8.45. The quantitative estimate of drug-likeness (QED) is 0.681. The Morgan fingerprint density at radius 2 is 1.10 bits per heavy atom. The van der Waals surface area contributed by atoms with Crippen LogP contribution < -0.4 is 0 Å². The summed E-state index contributed by atoms with van der Waals surface area (Å²) in [6.45, 7) is 19.3. The highest BCUT2D eigenvalue weighted by molar-refractivity contribution is 4.72. The van der Waals surface area contributed by atoms with Crippen molar-refractivity contribution in [2.45, 2.75) is 74.1 Å². The molecule has 0 radical (unpaired) electrons. The van der Waals surface area contributed by atoms with Gasteiger partial charge in [0.15, 0.2) is 12.6 Å². The summed E-state index contributed by atoms with van der Waals surface area (Å²) < 4.78 is 22.0. The van der Waals surface area contributed by atoms with Crippen molar-refractivity contribution in [3.63, 3.8) is 0 Å². The van der Waals surface area contributed by atoms with E-state index in [0.29, 0.717) is 5.92 Å². The summed E-state index contributed by atoms with van der Waals surface area (Å²) in [5, 5.41) is 0. The second-order valence-electron chi connectivity index (χ2n) is 8.45. The van der Waals surface area contributed by atoms with E-state index < -0.39 is 0 Å². The summed E-state index contributed by atoms with van der Waals surface area (Å²) in [5.74, 6) is 0.550. The molecule has 0 aromatic rings. The van der Waals surface area contributed by atoms with Gasteiger partial charge in [-0.1, -0.05) is 48.5 Å². The zero-order chi connectivity index (χ0) is 16.3. The van der Waals surface area contributed by atoms with Crippen molar-refractivity contribution in [2.75, 3.05) is 19.8 Å². The highest BCUT2D eigenvalue weighted by Gasteiger charge is 2.33. The third kappa shape index (κ3) is 6.64. The number of ether oxygens (including phenoxy) is 4. The Balaban J connectivity index is 0.000000211. The fourth-order valence-electron chi connectivity index (χ4n) is 2.07. The lowest BCUT2D eigenvalue weighted by Crippen LogP contribution is -2.39. The number of hydrogen-bond donors (Lipinski definition) is 0. The Bertz CT molecular complexity index is 295. The molecule has 0 aromatic carbocycles. The van der Waals surface area contributed by atoms with E-state index in [2.05, 4.69) is 48.5 Å². The van der Waals surface area contributed by atoms with Gasteiger partial charge in [-0.2, -0.15) is 0 Å². The van der Waals surface area contributed by atoms with Crippen molar-refractivity contribution >= 4 is 0 Å². The van der Waals surface area contributed by atoms with Gasteiger partial charge in [0.1, 0.15) is 0 Å². The maximum atomic E-state index is 5.53. The Labute approximate surface area is 130 Å². The molecule has 0 aromatic heterocycles. The lowest BCUT2D eigenvalue weighted by molar-refractivity contribution is -0.239. The molecule has 2 aliphatic rings. The van der Waals surface area contributed by atoms with Gasteiger partial charge >= 0.3 is 0 Å². The summed E-state index contributed by atoms with van der Waals surface area (Å²) in [6.07, 6.45) is 0.241. The van der Waals surface area contributed by atoms with Crippen molar-refractivity contribution in [3.05, 3.63) is 0 Å². The predicted octanol–water partition coefficient (Wildman–Crippen LogP) is 3.84. The highest BCUT2D eigenvalue weighted by atomic mass is 16.7. The summed E-state index contributed by atoms with van der Waals surface area (Å²) in [7, 11) is 0. The van der Waals surface area contributed by atoms with Crippen LogP contribution in [0.15, 0.2) is 0 Å². The van der Waals surface area contributed by atoms with Crippen molar-refractivity contribution in [2.24, 2.45) is 16.7 Å². The largest absolute Gasteiger partial charge is 0.352 e. The van der Waals surface area contributed by atoms with E-state index >= 15 is 0 Å². The lowest BCUT2D eigenvalue weighted by Gasteiger charge is -2.35. The first-order valence-corrected chi connectivity index (χ1v) is 8.00. The van der Waals surface area contributed by atoms with Crippen LogP contribution in [-0.2, 0) is 18.9 Å². The van der Waals surface area contributed by atoms with Crippen molar-refractivity contribution in [3.8, 4) is 0 Å². The van der Waals surface area contributed by atoms with Gasteiger partial charge in [0, 0.05) is 16.7 Å². The average molecular weight is 302 g/mol. The van der Waals surface area contributed by atoms with E-state index in [0.717, 1.165) is 19.8 Å². The molecule has 126 valence electrons. The molecule has 2 heterocycles. The third-order valence-electron chi connectivity index (χ3n) is 3.32. The Hall–Kier alpha value is -0.160. The van der Waals surface area contributed by atoms with Gasteiger partial charge in [-0.25, -0.2) is 0 Å². The van der Waals surface area contributed by atoms with Crippen molar-refractivity contribution in [1.82, 2.24) is 0 Å². The molecule has 2 rings (SSSR count). The number of rotatable bonds is 0. The molecular formula is C17H34O4. The molecule has 2 fully saturated rings. The summed E-state index contributed by atoms with van der Waals surface area (Å²) in [5.41, 5.74) is 0.227. The zero-order valence-corrected chi connectivity index (χ0v) is 15.1. The van der Waals surface area contributed by atoms with Gasteiger partial charge < -0.3 is 18.9 Å². The fourth-order valence-corrected chi connectivity index (χ4v) is 2.07. The molecule has 2 saturated heterocycles. The minimum absolute atomic E-state index is 0.0116. The minimum atomic E-state index is -0.0151. The molecule has 0 bridgehead atoms. The van der Waals surface area contributed by atoms with Crippen LogP contribution in [0.25, 0.3) is 0 Å². The van der Waals surface area contributed by atoms with Crippen LogP contribution >= 0.6 is 0 Å². The molecule has 4 heteroatoms. The van der Waals surface area contributed by atoms with E-state index in [1.165, 1.54) is 0 Å². The van der Waals surface area contributed by atoms with Crippen LogP contribution in [0.5, 0.6) is 0 Å². The molecule has 2 atom stereocenters. The van der Waals surface area contributed by atoms with Gasteiger partial charge in [-0.05, 0) is 6.92 Å². The molecule has 0 N–H and O–H groups in total. The second kappa shape index (κ2) is 7.40. The van der Waals surface area contributed by atoms with Gasteiger partial charge in [0.25, 0.3) is 0 Å². The Morgan fingerprint density at radius 3 is 1.38 bits per heavy atom. The molecule has 0 aliphatic carbocycles. The van der Waals surface area contributed by atoms with Gasteiger partial charge in [0.2, 0.25) is 0 Å². The van der Waals surface area contributed by atoms with Gasteiger partial charge in [0.05, 0.1) is 25.9 Å². The standard InChI is InChI=1S/C9H18O2.C8H16O2/c1-7-5-10-8(11-6-7)9(2,3)4;1-6-5-9-7(10-6)8(2,3)4/h7-8H,5-6H2,1-4H3;6-7H,5H2,1-4H3. The maximum absolute atomic E-state index is 5.53. The van der Waals surface area contributed by atoms with E-state index in [-0.39, 0.29) is 29.5 Å². The van der Waals surface area contributed by atoms with Crippen LogP contribution in [0.4, 0.5) is 0 Å². The Kier molecular flexibility index (Phi) is 6.66. The monoisotopic (exact) mass is 302 g/mol. The highest BCUT2D eigenvalue weighted by Crippen LogP contribution is 2.28. The maximum Gasteiger partial charge on any atom is 0.162 e. The lowest BCUT2D eigenvalue weighted by atomic mass is 9.95. The summed E-state index contributed by atoms with van der Waals surface area (Å²) in [6, 6.07) is 0. The molecule has 0 amide bonds. The van der Waals surface area contributed by atoms with E-state index in [4.69, 9.17) is 18.9 Å². The van der Waals surface area contributed by atoms with Crippen molar-refractivity contribution < 1.29 is 18.9 Å². The normalized spacial score (nSPS) is 34.3. The summed E-state index contributed by atoms with van der Waals surface area (Å²) >= 11 is 0. The van der Waals surface area contributed by atoms with E-state index in [1.54, 1.807) is 0 Å². The first-order chi connectivity index (χ1) is 9.50. The van der Waals surface area contributed by atoms with Crippen LogP contribution in [0.3, 0.4) is 0 Å². The van der Waals surface area contributed by atoms with Gasteiger partial charge in [-0.3, -0.25) is 0 Å². The van der Waals surface area contributed by atoms with Crippen LogP contribution in [0.1, 0.15) is 55.4 Å². The van der Waals surface area contributed by atoms with Crippen LogP contribution in [0.2, 0.25) is 0 Å². The molecule has 0 saturated carbocycles. The third-order valence-corrected chi connectivity index (χ3v) is 3.32.